The van der Waals surface area contributed by atoms with Gasteiger partial charge in [0, 0.05) is 23.7 Å². The second-order valence-corrected chi connectivity index (χ2v) is 6.06. The monoisotopic (exact) mass is 381 g/mol. The van der Waals surface area contributed by atoms with Crippen molar-refractivity contribution in [1.29, 1.82) is 0 Å². The van der Waals surface area contributed by atoms with E-state index >= 15 is 0 Å². The topological polar surface area (TPSA) is 64.6 Å². The van der Waals surface area contributed by atoms with Crippen LogP contribution >= 0.6 is 23.2 Å². The molecule has 2 rings (SSSR count). The summed E-state index contributed by atoms with van der Waals surface area (Å²) >= 11 is 11.8. The van der Waals surface area contributed by atoms with Gasteiger partial charge in [-0.25, -0.2) is 4.79 Å². The highest BCUT2D eigenvalue weighted by Crippen LogP contribution is 2.20. The molecule has 7 heteroatoms. The molecule has 0 spiro atoms. The Labute approximate surface area is 155 Å². The number of esters is 1. The third-order valence-corrected chi connectivity index (χ3v) is 3.91. The molecule has 0 aliphatic heterocycles. The van der Waals surface area contributed by atoms with E-state index in [0.29, 0.717) is 22.2 Å². The molecule has 25 heavy (non-hydrogen) atoms. The molecule has 0 aromatic heterocycles. The summed E-state index contributed by atoms with van der Waals surface area (Å²) in [4.78, 5) is 23.7. The Kier molecular flexibility index (Phi) is 7.25. The van der Waals surface area contributed by atoms with Gasteiger partial charge in [-0.1, -0.05) is 41.4 Å². The zero-order chi connectivity index (χ0) is 18.2. The van der Waals surface area contributed by atoms with Crippen LogP contribution in [-0.4, -0.2) is 25.6 Å². The molecule has 0 heterocycles. The van der Waals surface area contributed by atoms with Crippen molar-refractivity contribution in [2.24, 2.45) is 0 Å². The SMILES string of the molecule is COCc1ccc(C(=O)OCC(=O)NCc2ccc(Cl)cc2Cl)cc1. The van der Waals surface area contributed by atoms with Crippen LogP contribution in [0, 0.1) is 0 Å². The first kappa shape index (κ1) is 19.2. The highest BCUT2D eigenvalue weighted by atomic mass is 35.5. The molecule has 2 aromatic carbocycles. The molecule has 0 bridgehead atoms. The molecule has 0 fully saturated rings. The Bertz CT molecular complexity index is 747. The van der Waals surface area contributed by atoms with Crippen LogP contribution in [-0.2, 0) is 27.4 Å². The molecule has 0 radical (unpaired) electrons. The number of carbonyl (C=O) groups excluding carboxylic acids is 2. The van der Waals surface area contributed by atoms with Crippen LogP contribution in [0.3, 0.4) is 0 Å². The van der Waals surface area contributed by atoms with E-state index in [-0.39, 0.29) is 13.2 Å². The molecule has 0 aliphatic rings. The Hall–Kier alpha value is -2.08. The van der Waals surface area contributed by atoms with Crippen LogP contribution in [0.25, 0.3) is 0 Å². The maximum atomic E-state index is 11.9. The number of methoxy groups -OCH3 is 1. The van der Waals surface area contributed by atoms with E-state index in [2.05, 4.69) is 5.32 Å². The highest BCUT2D eigenvalue weighted by molar-refractivity contribution is 6.35. The largest absolute Gasteiger partial charge is 0.452 e. The predicted octanol–water partition coefficient (Wildman–Crippen LogP) is 3.61. The maximum Gasteiger partial charge on any atom is 0.338 e. The normalized spacial score (nSPS) is 10.4. The summed E-state index contributed by atoms with van der Waals surface area (Å²) in [5.41, 5.74) is 2.03. The first-order valence-corrected chi connectivity index (χ1v) is 8.21. The van der Waals surface area contributed by atoms with Gasteiger partial charge < -0.3 is 14.8 Å². The third kappa shape index (κ3) is 6.05. The summed E-state index contributed by atoms with van der Waals surface area (Å²) in [6.45, 7) is 0.312. The average molecular weight is 382 g/mol. The van der Waals surface area contributed by atoms with Crippen molar-refractivity contribution in [3.8, 4) is 0 Å². The fraction of sp³-hybridized carbons (Fsp3) is 0.222. The summed E-state index contributed by atoms with van der Waals surface area (Å²) < 4.78 is 9.99. The Morgan fingerprint density at radius 3 is 2.44 bits per heavy atom. The van der Waals surface area contributed by atoms with Crippen LogP contribution in [0.2, 0.25) is 10.0 Å². The molecule has 1 N–H and O–H groups in total. The molecule has 132 valence electrons. The number of halogens is 2. The molecule has 1 amide bonds. The first-order valence-electron chi connectivity index (χ1n) is 7.45. The van der Waals surface area contributed by atoms with E-state index in [9.17, 15) is 9.59 Å². The number of nitrogens with one attached hydrogen (secondary N) is 1. The van der Waals surface area contributed by atoms with Crippen LogP contribution in [0.15, 0.2) is 42.5 Å². The summed E-state index contributed by atoms with van der Waals surface area (Å²) in [5.74, 6) is -0.987. The summed E-state index contributed by atoms with van der Waals surface area (Å²) in [6, 6.07) is 11.8. The number of benzene rings is 2. The summed E-state index contributed by atoms with van der Waals surface area (Å²) in [7, 11) is 1.60. The minimum absolute atomic E-state index is 0.220. The van der Waals surface area contributed by atoms with Gasteiger partial charge in [-0.3, -0.25) is 4.79 Å². The molecule has 0 aliphatic carbocycles. The number of hydrogen-bond donors (Lipinski definition) is 1. The number of amides is 1. The van der Waals surface area contributed by atoms with Crippen molar-refractivity contribution >= 4 is 35.1 Å². The Balaban J connectivity index is 1.79. The fourth-order valence-electron chi connectivity index (χ4n) is 2.03. The Morgan fingerprint density at radius 2 is 1.80 bits per heavy atom. The second-order valence-electron chi connectivity index (χ2n) is 5.22. The lowest BCUT2D eigenvalue weighted by Crippen LogP contribution is -2.28. The smallest absolute Gasteiger partial charge is 0.338 e. The lowest BCUT2D eigenvalue weighted by atomic mass is 10.1. The second kappa shape index (κ2) is 9.42. The fourth-order valence-corrected chi connectivity index (χ4v) is 2.50. The van der Waals surface area contributed by atoms with Gasteiger partial charge in [0.1, 0.15) is 0 Å². The van der Waals surface area contributed by atoms with E-state index < -0.39 is 11.9 Å². The van der Waals surface area contributed by atoms with Crippen LogP contribution < -0.4 is 5.32 Å². The van der Waals surface area contributed by atoms with Crippen molar-refractivity contribution in [3.63, 3.8) is 0 Å². The lowest BCUT2D eigenvalue weighted by Gasteiger charge is -2.08. The molecule has 0 saturated heterocycles. The minimum atomic E-state index is -0.566. The average Bonchev–Trinajstić information content (AvgIpc) is 2.60. The summed E-state index contributed by atoms with van der Waals surface area (Å²) in [6.07, 6.45) is 0. The molecule has 0 atom stereocenters. The van der Waals surface area contributed by atoms with E-state index in [0.717, 1.165) is 11.1 Å². The molecule has 2 aromatic rings. The lowest BCUT2D eigenvalue weighted by molar-refractivity contribution is -0.124. The van der Waals surface area contributed by atoms with Gasteiger partial charge in [-0.15, -0.1) is 0 Å². The minimum Gasteiger partial charge on any atom is -0.452 e. The number of hydrogen-bond acceptors (Lipinski definition) is 4. The quantitative estimate of drug-likeness (QED) is 0.743. The van der Waals surface area contributed by atoms with E-state index in [1.165, 1.54) is 0 Å². The standard InChI is InChI=1S/C18H17Cl2NO4/c1-24-10-12-2-4-13(5-3-12)18(23)25-11-17(22)21-9-14-6-7-15(19)8-16(14)20/h2-8H,9-11H2,1H3,(H,21,22). The third-order valence-electron chi connectivity index (χ3n) is 3.33. The first-order chi connectivity index (χ1) is 12.0. The van der Waals surface area contributed by atoms with Gasteiger partial charge in [-0.05, 0) is 35.4 Å². The number of rotatable bonds is 7. The van der Waals surface area contributed by atoms with Gasteiger partial charge in [0.2, 0.25) is 0 Å². The number of ether oxygens (including phenoxy) is 2. The van der Waals surface area contributed by atoms with Gasteiger partial charge >= 0.3 is 5.97 Å². The maximum absolute atomic E-state index is 11.9. The van der Waals surface area contributed by atoms with Crippen molar-refractivity contribution in [2.75, 3.05) is 13.7 Å². The van der Waals surface area contributed by atoms with Gasteiger partial charge in [-0.2, -0.15) is 0 Å². The zero-order valence-electron chi connectivity index (χ0n) is 13.6. The van der Waals surface area contributed by atoms with Crippen molar-refractivity contribution in [3.05, 3.63) is 69.2 Å². The van der Waals surface area contributed by atoms with E-state index in [1.807, 2.05) is 0 Å². The molecule has 0 unspecified atom stereocenters. The molecule has 5 nitrogen and oxygen atoms in total. The van der Waals surface area contributed by atoms with Crippen LogP contribution in [0.1, 0.15) is 21.5 Å². The highest BCUT2D eigenvalue weighted by Gasteiger charge is 2.11. The molecule has 0 saturated carbocycles. The van der Waals surface area contributed by atoms with E-state index in [4.69, 9.17) is 32.7 Å². The van der Waals surface area contributed by atoms with Crippen molar-refractivity contribution < 1.29 is 19.1 Å². The van der Waals surface area contributed by atoms with Gasteiger partial charge in [0.05, 0.1) is 12.2 Å². The van der Waals surface area contributed by atoms with Crippen LogP contribution in [0.5, 0.6) is 0 Å². The van der Waals surface area contributed by atoms with Crippen LogP contribution in [0.4, 0.5) is 0 Å². The Morgan fingerprint density at radius 1 is 1.08 bits per heavy atom. The summed E-state index contributed by atoms with van der Waals surface area (Å²) in [5, 5.41) is 3.61. The van der Waals surface area contributed by atoms with Crippen molar-refractivity contribution in [2.45, 2.75) is 13.2 Å². The van der Waals surface area contributed by atoms with Gasteiger partial charge in [0.15, 0.2) is 6.61 Å². The van der Waals surface area contributed by atoms with E-state index in [1.54, 1.807) is 49.6 Å². The molecular weight excluding hydrogens is 365 g/mol. The zero-order valence-corrected chi connectivity index (χ0v) is 15.1. The molecular formula is C18H17Cl2NO4. The van der Waals surface area contributed by atoms with Gasteiger partial charge in [0.25, 0.3) is 5.91 Å². The number of carbonyl (C=O) groups is 2. The van der Waals surface area contributed by atoms with Crippen molar-refractivity contribution in [1.82, 2.24) is 5.32 Å². The predicted molar refractivity (Wildman–Crippen MR) is 95.7 cm³/mol.